The van der Waals surface area contributed by atoms with E-state index < -0.39 is 26.5 Å². The third kappa shape index (κ3) is 2.94. The van der Waals surface area contributed by atoms with Gasteiger partial charge in [0.1, 0.15) is 0 Å². The highest BCUT2D eigenvalue weighted by atomic mass is 32.2. The molecule has 1 aromatic rings. The molecule has 0 spiro atoms. The van der Waals surface area contributed by atoms with Crippen LogP contribution in [0.3, 0.4) is 0 Å². The first kappa shape index (κ1) is 14.8. The number of nitrogens with one attached hydrogen (secondary N) is 1. The average molecular weight is 304 g/mol. The third-order valence-corrected chi connectivity index (χ3v) is 4.64. The van der Waals surface area contributed by atoms with Crippen LogP contribution in [-0.2, 0) is 14.8 Å². The number of benzene rings is 1. The monoisotopic (exact) mass is 304 g/mol. The summed E-state index contributed by atoms with van der Waals surface area (Å²) in [6.45, 7) is 2.09. The summed E-state index contributed by atoms with van der Waals surface area (Å²) in [6, 6.07) is 1.21. The van der Waals surface area contributed by atoms with Crippen LogP contribution in [0.25, 0.3) is 0 Å². The molecule has 1 heterocycles. The fraction of sp³-hybridized carbons (Fsp3) is 0.455. The highest BCUT2D eigenvalue weighted by Crippen LogP contribution is 2.25. The molecule has 0 aromatic heterocycles. The maximum absolute atomic E-state index is 13.4. The highest BCUT2D eigenvalue weighted by molar-refractivity contribution is 7.89. The molecule has 110 valence electrons. The zero-order chi connectivity index (χ0) is 14.9. The lowest BCUT2D eigenvalue weighted by molar-refractivity contribution is -0.387. The number of nitro groups is 1. The van der Waals surface area contributed by atoms with Gasteiger partial charge in [-0.15, -0.1) is 0 Å². The summed E-state index contributed by atoms with van der Waals surface area (Å²) in [5.74, 6) is -1.06. The van der Waals surface area contributed by atoms with Gasteiger partial charge in [-0.3, -0.25) is 10.1 Å². The van der Waals surface area contributed by atoms with Gasteiger partial charge >= 0.3 is 5.69 Å². The second-order valence-electron chi connectivity index (χ2n) is 4.51. The number of aryl methyl sites for hydroxylation is 1. The maximum atomic E-state index is 13.4. The van der Waals surface area contributed by atoms with Gasteiger partial charge in [0.2, 0.25) is 15.8 Å². The van der Waals surface area contributed by atoms with Crippen molar-refractivity contribution in [3.05, 3.63) is 33.6 Å². The van der Waals surface area contributed by atoms with Crippen LogP contribution >= 0.6 is 0 Å². The minimum atomic E-state index is -3.95. The van der Waals surface area contributed by atoms with Crippen molar-refractivity contribution in [1.29, 1.82) is 0 Å². The van der Waals surface area contributed by atoms with E-state index in [9.17, 15) is 22.9 Å². The Hall–Kier alpha value is -1.58. The first-order chi connectivity index (χ1) is 9.31. The highest BCUT2D eigenvalue weighted by Gasteiger charge is 2.28. The molecule has 1 aliphatic heterocycles. The van der Waals surface area contributed by atoms with Crippen molar-refractivity contribution in [3.8, 4) is 0 Å². The molecule has 1 saturated heterocycles. The fourth-order valence-electron chi connectivity index (χ4n) is 1.98. The van der Waals surface area contributed by atoms with Crippen molar-refractivity contribution in [2.75, 3.05) is 13.2 Å². The van der Waals surface area contributed by atoms with Crippen molar-refractivity contribution in [3.63, 3.8) is 0 Å². The van der Waals surface area contributed by atoms with Crippen molar-refractivity contribution in [2.24, 2.45) is 0 Å². The van der Waals surface area contributed by atoms with Crippen LogP contribution in [0.4, 0.5) is 10.1 Å². The molecule has 0 radical (unpaired) electrons. The second-order valence-corrected chi connectivity index (χ2v) is 6.19. The molecule has 1 atom stereocenters. The van der Waals surface area contributed by atoms with Crippen LogP contribution in [0, 0.1) is 22.9 Å². The molecule has 0 saturated carbocycles. The summed E-state index contributed by atoms with van der Waals surface area (Å²) in [5, 5.41) is 10.7. The van der Waals surface area contributed by atoms with Gasteiger partial charge < -0.3 is 4.74 Å². The lowest BCUT2D eigenvalue weighted by atomic mass is 10.2. The van der Waals surface area contributed by atoms with Gasteiger partial charge in [-0.2, -0.15) is 4.39 Å². The van der Waals surface area contributed by atoms with Crippen molar-refractivity contribution in [2.45, 2.75) is 24.3 Å². The summed E-state index contributed by atoms with van der Waals surface area (Å²) in [4.78, 5) is 9.44. The van der Waals surface area contributed by atoms with E-state index in [1.54, 1.807) is 0 Å². The summed E-state index contributed by atoms with van der Waals surface area (Å²) < 4.78 is 45.2. The molecular formula is C11H13FN2O5S. The molecule has 1 fully saturated rings. The molecule has 0 bridgehead atoms. The second kappa shape index (κ2) is 5.43. The van der Waals surface area contributed by atoms with Crippen LogP contribution in [0.1, 0.15) is 12.0 Å². The summed E-state index contributed by atoms with van der Waals surface area (Å²) in [6.07, 6.45) is 0.529. The Morgan fingerprint density at radius 2 is 2.20 bits per heavy atom. The van der Waals surface area contributed by atoms with Gasteiger partial charge in [0.25, 0.3) is 0 Å². The molecule has 2 rings (SSSR count). The predicted octanol–water partition coefficient (Wildman–Crippen LogP) is 1.11. The van der Waals surface area contributed by atoms with Crippen LogP contribution < -0.4 is 4.72 Å². The summed E-state index contributed by atoms with van der Waals surface area (Å²) >= 11 is 0. The van der Waals surface area contributed by atoms with Gasteiger partial charge in [0.05, 0.1) is 16.4 Å². The Balaban J connectivity index is 2.40. The van der Waals surface area contributed by atoms with Crippen LogP contribution in [-0.4, -0.2) is 32.6 Å². The van der Waals surface area contributed by atoms with Gasteiger partial charge in [-0.05, 0) is 25.0 Å². The SMILES string of the molecule is Cc1cc(F)c([N+](=O)[O-])cc1S(=O)(=O)NC1CCOC1. The van der Waals surface area contributed by atoms with Gasteiger partial charge in [0, 0.05) is 18.7 Å². The third-order valence-electron chi connectivity index (χ3n) is 2.98. The topological polar surface area (TPSA) is 98.5 Å². The van der Waals surface area contributed by atoms with E-state index in [0.29, 0.717) is 13.0 Å². The van der Waals surface area contributed by atoms with E-state index in [4.69, 9.17) is 4.74 Å². The quantitative estimate of drug-likeness (QED) is 0.663. The van der Waals surface area contributed by atoms with Crippen molar-refractivity contribution >= 4 is 15.7 Å². The van der Waals surface area contributed by atoms with E-state index in [1.807, 2.05) is 0 Å². The molecule has 7 nitrogen and oxygen atoms in total. The van der Waals surface area contributed by atoms with Gasteiger partial charge in [-0.1, -0.05) is 0 Å². The molecular weight excluding hydrogens is 291 g/mol. The first-order valence-electron chi connectivity index (χ1n) is 5.86. The Labute approximate surface area is 114 Å². The Bertz CT molecular complexity index is 640. The average Bonchev–Trinajstić information content (AvgIpc) is 2.79. The number of hydrogen-bond donors (Lipinski definition) is 1. The predicted molar refractivity (Wildman–Crippen MR) is 67.3 cm³/mol. The number of hydrogen-bond acceptors (Lipinski definition) is 5. The number of ether oxygens (including phenoxy) is 1. The molecule has 1 aromatic carbocycles. The van der Waals surface area contributed by atoms with E-state index in [2.05, 4.69) is 4.72 Å². The summed E-state index contributed by atoms with van der Waals surface area (Å²) in [7, 11) is -3.95. The molecule has 20 heavy (non-hydrogen) atoms. The number of sulfonamides is 1. The van der Waals surface area contributed by atoms with Crippen molar-refractivity contribution in [1.82, 2.24) is 4.72 Å². The van der Waals surface area contributed by atoms with Crippen molar-refractivity contribution < 1.29 is 22.5 Å². The minimum Gasteiger partial charge on any atom is -0.380 e. The largest absolute Gasteiger partial charge is 0.380 e. The van der Waals surface area contributed by atoms with E-state index in [-0.39, 0.29) is 23.1 Å². The molecule has 1 aliphatic rings. The van der Waals surface area contributed by atoms with Crippen LogP contribution in [0.2, 0.25) is 0 Å². The zero-order valence-electron chi connectivity index (χ0n) is 10.6. The van der Waals surface area contributed by atoms with Crippen LogP contribution in [0.15, 0.2) is 17.0 Å². The van der Waals surface area contributed by atoms with E-state index in [0.717, 1.165) is 12.1 Å². The number of nitrogens with zero attached hydrogens (tertiary/aromatic N) is 1. The maximum Gasteiger partial charge on any atom is 0.306 e. The Kier molecular flexibility index (Phi) is 4.02. The first-order valence-corrected chi connectivity index (χ1v) is 7.34. The molecule has 1 N–H and O–H groups in total. The van der Waals surface area contributed by atoms with Gasteiger partial charge in [-0.25, -0.2) is 13.1 Å². The molecule has 0 amide bonds. The standard InChI is InChI=1S/C11H13FN2O5S/c1-7-4-9(12)10(14(15)16)5-11(7)20(17,18)13-8-2-3-19-6-8/h4-5,8,13H,2-3,6H2,1H3. The van der Waals surface area contributed by atoms with Gasteiger partial charge in [0.15, 0.2) is 0 Å². The lowest BCUT2D eigenvalue weighted by Gasteiger charge is -2.13. The van der Waals surface area contributed by atoms with E-state index >= 15 is 0 Å². The van der Waals surface area contributed by atoms with E-state index in [1.165, 1.54) is 6.92 Å². The Morgan fingerprint density at radius 3 is 2.75 bits per heavy atom. The normalized spacial score (nSPS) is 19.2. The minimum absolute atomic E-state index is 0.111. The number of nitro benzene ring substituents is 1. The smallest absolute Gasteiger partial charge is 0.306 e. The fourth-order valence-corrected chi connectivity index (χ4v) is 3.48. The summed E-state index contributed by atoms with van der Waals surface area (Å²) in [5.41, 5.74) is -0.752. The van der Waals surface area contributed by atoms with Crippen LogP contribution in [0.5, 0.6) is 0 Å². The molecule has 0 aliphatic carbocycles. The molecule has 1 unspecified atom stereocenters. The molecule has 9 heteroatoms. The number of halogens is 1. The zero-order valence-corrected chi connectivity index (χ0v) is 11.4. The number of rotatable bonds is 4. The Morgan fingerprint density at radius 1 is 1.50 bits per heavy atom. The lowest BCUT2D eigenvalue weighted by Crippen LogP contribution is -2.35.